The Hall–Kier alpha value is -2.36. The van der Waals surface area contributed by atoms with Crippen molar-refractivity contribution in [3.63, 3.8) is 0 Å². The van der Waals surface area contributed by atoms with E-state index in [1.807, 2.05) is 32.2 Å². The first-order valence-corrected chi connectivity index (χ1v) is 11.3. The number of sulfonamides is 1. The Morgan fingerprint density at radius 1 is 1.18 bits per heavy atom. The molecule has 1 saturated heterocycles. The van der Waals surface area contributed by atoms with E-state index >= 15 is 0 Å². The van der Waals surface area contributed by atoms with E-state index in [0.717, 1.165) is 22.1 Å². The van der Waals surface area contributed by atoms with Crippen LogP contribution >= 0.6 is 11.3 Å². The predicted octanol–water partition coefficient (Wildman–Crippen LogP) is 3.47. The lowest BCUT2D eigenvalue weighted by Crippen LogP contribution is -2.28. The monoisotopic (exact) mass is 415 g/mol. The molecule has 1 fully saturated rings. The van der Waals surface area contributed by atoms with Crippen LogP contribution < -0.4 is 5.32 Å². The molecular formula is C19H21N5O2S2. The van der Waals surface area contributed by atoms with E-state index in [4.69, 9.17) is 0 Å². The van der Waals surface area contributed by atoms with Crippen LogP contribution in [0, 0.1) is 13.8 Å². The fraction of sp³-hybridized carbons (Fsp3) is 0.316. The summed E-state index contributed by atoms with van der Waals surface area (Å²) in [4.78, 5) is 14.8. The van der Waals surface area contributed by atoms with E-state index in [2.05, 4.69) is 20.3 Å². The molecule has 1 atom stereocenters. The maximum Gasteiger partial charge on any atom is 0.243 e. The zero-order valence-corrected chi connectivity index (χ0v) is 17.3. The molecule has 1 aliphatic heterocycles. The second kappa shape index (κ2) is 7.57. The van der Waals surface area contributed by atoms with Crippen LogP contribution in [0.4, 0.5) is 10.9 Å². The zero-order valence-electron chi connectivity index (χ0n) is 15.7. The van der Waals surface area contributed by atoms with Gasteiger partial charge in [-0.15, -0.1) is 11.3 Å². The van der Waals surface area contributed by atoms with Crippen molar-refractivity contribution >= 4 is 32.3 Å². The molecule has 2 aromatic heterocycles. The fourth-order valence-corrected chi connectivity index (χ4v) is 5.51. The third-order valence-corrected chi connectivity index (χ3v) is 7.37. The number of hydrogen-bond donors (Lipinski definition) is 1. The number of nitrogens with one attached hydrogen (secondary N) is 1. The van der Waals surface area contributed by atoms with Crippen LogP contribution in [0.2, 0.25) is 0 Å². The fourth-order valence-electron chi connectivity index (χ4n) is 3.32. The van der Waals surface area contributed by atoms with Gasteiger partial charge in [0.2, 0.25) is 10.0 Å². The molecule has 3 heterocycles. The van der Waals surface area contributed by atoms with Gasteiger partial charge in [0.15, 0.2) is 5.13 Å². The van der Waals surface area contributed by atoms with Crippen LogP contribution in [0.15, 0.2) is 47.5 Å². The third-order valence-electron chi connectivity index (χ3n) is 4.66. The van der Waals surface area contributed by atoms with Gasteiger partial charge in [-0.1, -0.05) is 18.2 Å². The molecular weight excluding hydrogens is 394 g/mol. The lowest BCUT2D eigenvalue weighted by Gasteiger charge is -2.17. The molecule has 0 bridgehead atoms. The van der Waals surface area contributed by atoms with E-state index in [-0.39, 0.29) is 5.92 Å². The van der Waals surface area contributed by atoms with E-state index < -0.39 is 10.0 Å². The quantitative estimate of drug-likeness (QED) is 0.686. The average molecular weight is 416 g/mol. The summed E-state index contributed by atoms with van der Waals surface area (Å²) in [6.07, 6.45) is 2.55. The molecule has 1 aromatic carbocycles. The van der Waals surface area contributed by atoms with Gasteiger partial charge in [0, 0.05) is 36.1 Å². The number of rotatable bonds is 5. The highest BCUT2D eigenvalue weighted by molar-refractivity contribution is 7.89. The largest absolute Gasteiger partial charge is 0.316 e. The standard InChI is InChI=1S/C19H21N5O2S2/c1-13-11-20-19(27-13)23-18-10-17(21-14(2)22-18)15-8-9-24(12-15)28(25,26)16-6-4-3-5-7-16/h3-7,10-11,15H,8-9,12H2,1-2H3,(H,20,21,22,23)/t15-/m0/s1. The summed E-state index contributed by atoms with van der Waals surface area (Å²) < 4.78 is 27.3. The molecule has 0 amide bonds. The average Bonchev–Trinajstić information content (AvgIpc) is 3.32. The first-order valence-electron chi connectivity index (χ1n) is 9.02. The Bertz CT molecular complexity index is 1080. The minimum absolute atomic E-state index is 0.0405. The molecule has 146 valence electrons. The molecule has 1 aliphatic rings. The molecule has 9 heteroatoms. The van der Waals surface area contributed by atoms with Crippen molar-refractivity contribution in [3.8, 4) is 0 Å². The Balaban J connectivity index is 1.54. The molecule has 7 nitrogen and oxygen atoms in total. The molecule has 0 spiro atoms. The van der Waals surface area contributed by atoms with Crippen molar-refractivity contribution in [2.24, 2.45) is 0 Å². The van der Waals surface area contributed by atoms with Crippen molar-refractivity contribution in [1.29, 1.82) is 0 Å². The number of thiazole rings is 1. The van der Waals surface area contributed by atoms with E-state index in [0.29, 0.717) is 29.6 Å². The van der Waals surface area contributed by atoms with E-state index in [1.54, 1.807) is 39.9 Å². The van der Waals surface area contributed by atoms with Crippen molar-refractivity contribution in [2.75, 3.05) is 18.4 Å². The van der Waals surface area contributed by atoms with Gasteiger partial charge in [0.1, 0.15) is 11.6 Å². The summed E-state index contributed by atoms with van der Waals surface area (Å²) in [6, 6.07) is 10.5. The molecule has 1 N–H and O–H groups in total. The maximum absolute atomic E-state index is 12.9. The van der Waals surface area contributed by atoms with Gasteiger partial charge in [0.05, 0.1) is 10.6 Å². The van der Waals surface area contributed by atoms with Gasteiger partial charge < -0.3 is 5.32 Å². The Labute approximate surface area is 168 Å². The number of nitrogens with zero attached hydrogens (tertiary/aromatic N) is 4. The first kappa shape index (κ1) is 19.0. The number of aromatic nitrogens is 3. The highest BCUT2D eigenvalue weighted by atomic mass is 32.2. The molecule has 0 unspecified atom stereocenters. The van der Waals surface area contributed by atoms with Crippen molar-refractivity contribution < 1.29 is 8.42 Å². The third kappa shape index (κ3) is 3.91. The van der Waals surface area contributed by atoms with E-state index in [9.17, 15) is 8.42 Å². The normalized spacial score (nSPS) is 17.7. The SMILES string of the molecule is Cc1nc(Nc2ncc(C)s2)cc([C@H]2CCN(S(=O)(=O)c3ccccc3)C2)n1. The molecule has 0 radical (unpaired) electrons. The van der Waals surface area contributed by atoms with Crippen molar-refractivity contribution in [2.45, 2.75) is 31.1 Å². The second-order valence-corrected chi connectivity index (χ2v) is 9.96. The molecule has 28 heavy (non-hydrogen) atoms. The van der Waals surface area contributed by atoms with E-state index in [1.165, 1.54) is 0 Å². The maximum atomic E-state index is 12.9. The number of anilines is 2. The highest BCUT2D eigenvalue weighted by Gasteiger charge is 2.34. The zero-order chi connectivity index (χ0) is 19.7. The van der Waals surface area contributed by atoms with Gasteiger partial charge in [-0.05, 0) is 32.4 Å². The molecule has 0 saturated carbocycles. The van der Waals surface area contributed by atoms with Gasteiger partial charge in [-0.2, -0.15) is 4.31 Å². The van der Waals surface area contributed by atoms with Gasteiger partial charge >= 0.3 is 0 Å². The molecule has 0 aliphatic carbocycles. The Morgan fingerprint density at radius 2 is 1.96 bits per heavy atom. The molecule has 4 rings (SSSR count). The predicted molar refractivity (Wildman–Crippen MR) is 109 cm³/mol. The second-order valence-electron chi connectivity index (χ2n) is 6.79. The van der Waals surface area contributed by atoms with Gasteiger partial charge in [-0.3, -0.25) is 0 Å². The van der Waals surface area contributed by atoms with Gasteiger partial charge in [0.25, 0.3) is 0 Å². The van der Waals surface area contributed by atoms with Crippen LogP contribution in [0.3, 0.4) is 0 Å². The minimum atomic E-state index is -3.48. The lowest BCUT2D eigenvalue weighted by molar-refractivity contribution is 0.472. The Kier molecular flexibility index (Phi) is 5.13. The van der Waals surface area contributed by atoms with Gasteiger partial charge in [-0.25, -0.2) is 23.4 Å². The first-order chi connectivity index (χ1) is 13.4. The van der Waals surface area contributed by atoms with Crippen LogP contribution in [-0.2, 0) is 10.0 Å². The summed E-state index contributed by atoms with van der Waals surface area (Å²) in [6.45, 7) is 4.75. The summed E-state index contributed by atoms with van der Waals surface area (Å²) in [5.74, 6) is 1.37. The summed E-state index contributed by atoms with van der Waals surface area (Å²) in [5, 5.41) is 4.00. The number of aryl methyl sites for hydroxylation is 2. The summed E-state index contributed by atoms with van der Waals surface area (Å²) >= 11 is 1.56. The van der Waals surface area contributed by atoms with Crippen LogP contribution in [0.25, 0.3) is 0 Å². The van der Waals surface area contributed by atoms with Crippen LogP contribution in [0.5, 0.6) is 0 Å². The topological polar surface area (TPSA) is 88.1 Å². The Morgan fingerprint density at radius 3 is 2.68 bits per heavy atom. The highest BCUT2D eigenvalue weighted by Crippen LogP contribution is 2.31. The van der Waals surface area contributed by atoms with Crippen LogP contribution in [-0.4, -0.2) is 40.8 Å². The summed E-state index contributed by atoms with van der Waals surface area (Å²) in [5.41, 5.74) is 0.856. The van der Waals surface area contributed by atoms with Crippen molar-refractivity contribution in [3.05, 3.63) is 59.0 Å². The number of benzene rings is 1. The number of hydrogen-bond acceptors (Lipinski definition) is 7. The minimum Gasteiger partial charge on any atom is -0.316 e. The summed E-state index contributed by atoms with van der Waals surface area (Å²) in [7, 11) is -3.48. The smallest absolute Gasteiger partial charge is 0.243 e. The molecule has 3 aromatic rings. The van der Waals surface area contributed by atoms with Crippen LogP contribution in [0.1, 0.15) is 28.7 Å². The lowest BCUT2D eigenvalue weighted by atomic mass is 10.0. The van der Waals surface area contributed by atoms with Crippen molar-refractivity contribution in [1.82, 2.24) is 19.3 Å².